The maximum Gasteiger partial charge on any atom is 0.341 e. The topological polar surface area (TPSA) is 99.0 Å². The summed E-state index contributed by atoms with van der Waals surface area (Å²) in [6.45, 7) is 3.80. The Morgan fingerprint density at radius 2 is 1.74 bits per heavy atom. The second-order valence-electron chi connectivity index (χ2n) is 7.22. The van der Waals surface area contributed by atoms with Crippen LogP contribution in [-0.4, -0.2) is 31.9 Å². The lowest BCUT2D eigenvalue weighted by atomic mass is 10.2. The minimum Gasteiger partial charge on any atom is -0.462 e. The normalized spacial score (nSPS) is 11.0. The summed E-state index contributed by atoms with van der Waals surface area (Å²) in [6, 6.07) is 16.4. The molecule has 0 aliphatic carbocycles. The summed E-state index contributed by atoms with van der Waals surface area (Å²) in [6.07, 6.45) is 0.331. The van der Waals surface area contributed by atoms with Crippen molar-refractivity contribution in [1.82, 2.24) is 19.3 Å². The number of benzene rings is 2. The van der Waals surface area contributed by atoms with E-state index in [0.717, 1.165) is 10.3 Å². The number of aryl methyl sites for hydroxylation is 1. The Morgan fingerprint density at radius 1 is 1.03 bits per heavy atom. The van der Waals surface area contributed by atoms with E-state index in [1.165, 1.54) is 0 Å². The van der Waals surface area contributed by atoms with Gasteiger partial charge in [0.1, 0.15) is 5.56 Å². The van der Waals surface area contributed by atoms with E-state index in [-0.39, 0.29) is 18.7 Å². The summed E-state index contributed by atoms with van der Waals surface area (Å²) >= 11 is 0. The Balaban J connectivity index is 1.44. The van der Waals surface area contributed by atoms with Crippen molar-refractivity contribution in [1.29, 1.82) is 0 Å². The molecule has 8 nitrogen and oxygen atoms in total. The molecule has 0 saturated carbocycles. The molecule has 0 radical (unpaired) electrons. The number of esters is 1. The number of aromatic nitrogens is 4. The minimum absolute atomic E-state index is 0.0763. The molecule has 0 saturated heterocycles. The van der Waals surface area contributed by atoms with E-state index in [9.17, 15) is 14.4 Å². The van der Waals surface area contributed by atoms with E-state index in [0.29, 0.717) is 34.3 Å². The van der Waals surface area contributed by atoms with Crippen molar-refractivity contribution in [3.8, 4) is 5.69 Å². The number of aromatic amines is 1. The fourth-order valence-electron chi connectivity index (χ4n) is 3.62. The molecule has 0 aliphatic heterocycles. The second kappa shape index (κ2) is 8.43. The maximum absolute atomic E-state index is 12.6. The lowest BCUT2D eigenvalue weighted by Gasteiger charge is -2.08. The van der Waals surface area contributed by atoms with E-state index < -0.39 is 11.7 Å². The number of carbonyl (C=O) groups excluding carboxylic acids is 1. The Labute approximate surface area is 177 Å². The molecule has 0 atom stereocenters. The summed E-state index contributed by atoms with van der Waals surface area (Å²) in [4.78, 5) is 40.1. The average Bonchev–Trinajstić information content (AvgIpc) is 3.07. The van der Waals surface area contributed by atoms with Crippen molar-refractivity contribution < 1.29 is 9.53 Å². The van der Waals surface area contributed by atoms with Gasteiger partial charge in [-0.1, -0.05) is 30.3 Å². The first-order chi connectivity index (χ1) is 15.0. The van der Waals surface area contributed by atoms with Gasteiger partial charge in [0.2, 0.25) is 0 Å². The zero-order chi connectivity index (χ0) is 22.0. The van der Waals surface area contributed by atoms with Crippen LogP contribution in [0.25, 0.3) is 16.6 Å². The highest BCUT2D eigenvalue weighted by Crippen LogP contribution is 2.18. The number of fused-ring (bicyclic) bond motifs is 1. The molecule has 2 heterocycles. The molecule has 0 bridgehead atoms. The second-order valence-corrected chi connectivity index (χ2v) is 7.22. The van der Waals surface area contributed by atoms with Crippen molar-refractivity contribution in [2.24, 2.45) is 0 Å². The Bertz CT molecular complexity index is 1370. The van der Waals surface area contributed by atoms with Crippen LogP contribution in [0.5, 0.6) is 0 Å². The number of nitrogens with one attached hydrogen (secondary N) is 1. The van der Waals surface area contributed by atoms with E-state index in [1.54, 1.807) is 35.9 Å². The number of para-hydroxylation sites is 2. The summed E-state index contributed by atoms with van der Waals surface area (Å²) in [5.74, 6) is -0.475. The Hall–Kier alpha value is -3.94. The number of rotatable bonds is 6. The zero-order valence-electron chi connectivity index (χ0n) is 17.3. The molecule has 158 valence electrons. The maximum atomic E-state index is 12.6. The quantitative estimate of drug-likeness (QED) is 0.383. The van der Waals surface area contributed by atoms with Gasteiger partial charge in [0.25, 0.3) is 5.56 Å². The van der Waals surface area contributed by atoms with Gasteiger partial charge >= 0.3 is 11.7 Å². The van der Waals surface area contributed by atoms with E-state index in [4.69, 9.17) is 4.74 Å². The highest BCUT2D eigenvalue weighted by atomic mass is 16.5. The first kappa shape index (κ1) is 20.3. The fourth-order valence-corrected chi connectivity index (χ4v) is 3.62. The first-order valence-electron chi connectivity index (χ1n) is 9.98. The molecule has 4 rings (SSSR count). The SMILES string of the molecule is Cc1nn(-c2ccccc2)c(C)c1C(=O)OCCCn1c(=O)[nH]c2ccccc2c1=O. The Kier molecular flexibility index (Phi) is 5.53. The van der Waals surface area contributed by atoms with Crippen molar-refractivity contribution in [2.75, 3.05) is 6.61 Å². The smallest absolute Gasteiger partial charge is 0.341 e. The van der Waals surface area contributed by atoms with Gasteiger partial charge in [-0.3, -0.25) is 9.36 Å². The molecular formula is C23H22N4O4. The van der Waals surface area contributed by atoms with Crippen molar-refractivity contribution >= 4 is 16.9 Å². The number of hydrogen-bond donors (Lipinski definition) is 1. The van der Waals surface area contributed by atoms with Crippen LogP contribution in [0.3, 0.4) is 0 Å². The van der Waals surface area contributed by atoms with E-state index >= 15 is 0 Å². The van der Waals surface area contributed by atoms with Crippen molar-refractivity contribution in [3.63, 3.8) is 0 Å². The minimum atomic E-state index is -0.481. The molecule has 31 heavy (non-hydrogen) atoms. The van der Waals surface area contributed by atoms with Gasteiger partial charge in [-0.25, -0.2) is 14.3 Å². The van der Waals surface area contributed by atoms with Crippen LogP contribution < -0.4 is 11.2 Å². The Morgan fingerprint density at radius 3 is 2.52 bits per heavy atom. The van der Waals surface area contributed by atoms with E-state index in [1.807, 2.05) is 37.3 Å². The largest absolute Gasteiger partial charge is 0.462 e. The third-order valence-electron chi connectivity index (χ3n) is 5.14. The number of hydrogen-bond acceptors (Lipinski definition) is 5. The molecule has 8 heteroatoms. The third-order valence-corrected chi connectivity index (χ3v) is 5.14. The summed E-state index contributed by atoms with van der Waals surface area (Å²) in [7, 11) is 0. The van der Waals surface area contributed by atoms with Crippen LogP contribution in [0, 0.1) is 13.8 Å². The van der Waals surface area contributed by atoms with Gasteiger partial charge in [-0.15, -0.1) is 0 Å². The molecule has 0 aliphatic rings. The van der Waals surface area contributed by atoms with Gasteiger partial charge in [0, 0.05) is 6.54 Å². The number of H-pyrrole nitrogens is 1. The van der Waals surface area contributed by atoms with Crippen molar-refractivity contribution in [2.45, 2.75) is 26.8 Å². The molecule has 2 aromatic heterocycles. The highest BCUT2D eigenvalue weighted by molar-refractivity contribution is 5.92. The predicted octanol–water partition coefficient (Wildman–Crippen LogP) is 2.74. The summed E-state index contributed by atoms with van der Waals surface area (Å²) in [5.41, 5.74) is 2.21. The van der Waals surface area contributed by atoms with Gasteiger partial charge in [0.05, 0.1) is 34.6 Å². The van der Waals surface area contributed by atoms with Gasteiger partial charge in [-0.05, 0) is 44.5 Å². The lowest BCUT2D eigenvalue weighted by Crippen LogP contribution is -2.35. The average molecular weight is 418 g/mol. The fraction of sp³-hybridized carbons (Fsp3) is 0.217. The van der Waals surface area contributed by atoms with Crippen LogP contribution in [0.2, 0.25) is 0 Å². The van der Waals surface area contributed by atoms with Gasteiger partial charge in [-0.2, -0.15) is 5.10 Å². The molecule has 0 fully saturated rings. The molecule has 0 unspecified atom stereocenters. The zero-order valence-corrected chi connectivity index (χ0v) is 17.3. The van der Waals surface area contributed by atoms with Crippen molar-refractivity contribution in [3.05, 3.63) is 92.4 Å². The van der Waals surface area contributed by atoms with Crippen LogP contribution in [0.1, 0.15) is 28.2 Å². The van der Waals surface area contributed by atoms with Crippen LogP contribution in [0.15, 0.2) is 64.2 Å². The van der Waals surface area contributed by atoms with E-state index in [2.05, 4.69) is 10.1 Å². The molecular weight excluding hydrogens is 396 g/mol. The highest BCUT2D eigenvalue weighted by Gasteiger charge is 2.20. The molecule has 0 amide bonds. The summed E-state index contributed by atoms with van der Waals surface area (Å²) < 4.78 is 8.24. The lowest BCUT2D eigenvalue weighted by molar-refractivity contribution is 0.0493. The standard InChI is InChI=1S/C23H22N4O4/c1-15-20(16(2)27(25-15)17-9-4-3-5-10-17)22(29)31-14-8-13-26-21(28)18-11-6-7-12-19(18)24-23(26)30/h3-7,9-12H,8,13-14H2,1-2H3,(H,24,30). The third kappa shape index (κ3) is 3.92. The monoisotopic (exact) mass is 418 g/mol. The van der Waals surface area contributed by atoms with Gasteiger partial charge < -0.3 is 9.72 Å². The van der Waals surface area contributed by atoms with Crippen LogP contribution in [0.4, 0.5) is 0 Å². The molecule has 1 N–H and O–H groups in total. The number of ether oxygens (including phenoxy) is 1. The number of carbonyl (C=O) groups is 1. The van der Waals surface area contributed by atoms with Crippen LogP contribution >= 0.6 is 0 Å². The number of nitrogens with zero attached hydrogens (tertiary/aromatic N) is 3. The summed E-state index contributed by atoms with van der Waals surface area (Å²) in [5, 5.41) is 4.90. The van der Waals surface area contributed by atoms with Gasteiger partial charge in [0.15, 0.2) is 0 Å². The molecule has 2 aromatic carbocycles. The molecule has 4 aromatic rings. The predicted molar refractivity (Wildman–Crippen MR) is 117 cm³/mol. The van der Waals surface area contributed by atoms with Crippen LogP contribution in [-0.2, 0) is 11.3 Å². The first-order valence-corrected chi connectivity index (χ1v) is 9.98. The molecule has 0 spiro atoms.